The first-order valence-electron chi connectivity index (χ1n) is 27.1. The highest BCUT2D eigenvalue weighted by molar-refractivity contribution is 7.09. The molecule has 9 atom stereocenters. The zero-order valence-corrected chi connectivity index (χ0v) is 48.5. The van der Waals surface area contributed by atoms with Crippen LogP contribution in [-0.4, -0.2) is 163 Å². The van der Waals surface area contributed by atoms with E-state index in [-0.39, 0.29) is 79.0 Å². The van der Waals surface area contributed by atoms with Crippen LogP contribution in [0.15, 0.2) is 29.6 Å². The molecule has 1 aromatic carbocycles. The summed E-state index contributed by atoms with van der Waals surface area (Å²) in [5.41, 5.74) is 6.16. The minimum atomic E-state index is -1.16. The number of urea groups is 1. The Morgan fingerprint density at radius 2 is 1.56 bits per heavy atom. The van der Waals surface area contributed by atoms with Crippen molar-refractivity contribution < 1.29 is 62.6 Å². The highest BCUT2D eigenvalue weighted by Gasteiger charge is 2.38. The third-order valence-electron chi connectivity index (χ3n) is 14.0. The molecule has 1 aliphatic rings. The summed E-state index contributed by atoms with van der Waals surface area (Å²) in [4.78, 5) is 142. The highest BCUT2D eigenvalue weighted by atomic mass is 32.1. The number of hydrogen-bond donors (Lipinski definition) is 11. The van der Waals surface area contributed by atoms with Crippen molar-refractivity contribution in [2.45, 2.75) is 149 Å². The van der Waals surface area contributed by atoms with Crippen molar-refractivity contribution in [2.24, 2.45) is 35.3 Å². The molecule has 0 radical (unpaired) electrons. The minimum absolute atomic E-state index is 0.0178. The van der Waals surface area contributed by atoms with E-state index in [1.807, 2.05) is 39.6 Å². The van der Waals surface area contributed by atoms with Crippen molar-refractivity contribution >= 4 is 76.5 Å². The first-order valence-corrected chi connectivity index (χ1v) is 27.9. The van der Waals surface area contributed by atoms with Crippen molar-refractivity contribution in [3.05, 3.63) is 45.9 Å². The van der Waals surface area contributed by atoms with E-state index in [1.165, 1.54) is 19.4 Å². The van der Waals surface area contributed by atoms with Crippen LogP contribution in [0.5, 0.6) is 0 Å². The summed E-state index contributed by atoms with van der Waals surface area (Å²) in [6, 6.07) is 1.08. The maximum absolute atomic E-state index is 14.4. The number of carbonyl (C=O) groups excluding carboxylic acids is 9. The van der Waals surface area contributed by atoms with E-state index in [1.54, 1.807) is 50.1 Å². The molecule has 0 spiro atoms. The molecule has 80 heavy (non-hydrogen) atoms. The summed E-state index contributed by atoms with van der Waals surface area (Å²) in [6.45, 7) is 12.5. The molecule has 13 N–H and O–H groups in total. The molecule has 2 heterocycles. The van der Waals surface area contributed by atoms with Gasteiger partial charge < -0.3 is 63.0 Å². The van der Waals surface area contributed by atoms with Gasteiger partial charge in [0, 0.05) is 50.2 Å². The van der Waals surface area contributed by atoms with Crippen LogP contribution < -0.4 is 54.2 Å². The van der Waals surface area contributed by atoms with Gasteiger partial charge in [-0.25, -0.2) is 20.5 Å². The predicted octanol–water partition coefficient (Wildman–Crippen LogP) is 1.90. The summed E-state index contributed by atoms with van der Waals surface area (Å²) >= 11 is 1.08. The number of likely N-dealkylation sites (N-methyl/N-ethyl adjacent to an activating group) is 2. The van der Waals surface area contributed by atoms with Gasteiger partial charge in [0.25, 0.3) is 5.91 Å². The monoisotopic (exact) mass is 1140 g/mol. The smallest absolute Gasteiger partial charge is 0.407 e. The number of nitrogens with zero attached hydrogens (tertiary/aromatic N) is 3. The van der Waals surface area contributed by atoms with Gasteiger partial charge in [-0.05, 0) is 87.6 Å². The molecule has 0 saturated carbocycles. The van der Waals surface area contributed by atoms with Gasteiger partial charge in [0.15, 0.2) is 6.10 Å². The molecule has 27 heteroatoms. The largest absolute Gasteiger partial charge is 0.481 e. The summed E-state index contributed by atoms with van der Waals surface area (Å²) in [6.07, 6.45) is 2.01. The summed E-state index contributed by atoms with van der Waals surface area (Å²) < 4.78 is 5.85. The van der Waals surface area contributed by atoms with Crippen LogP contribution in [0.1, 0.15) is 127 Å². The molecule has 10 amide bonds. The fourth-order valence-electron chi connectivity index (χ4n) is 9.08. The lowest BCUT2D eigenvalue weighted by atomic mass is 9.92. The van der Waals surface area contributed by atoms with E-state index in [0.717, 1.165) is 30.7 Å². The van der Waals surface area contributed by atoms with Gasteiger partial charge in [0.1, 0.15) is 35.4 Å². The predicted molar refractivity (Wildman–Crippen MR) is 298 cm³/mol. The maximum Gasteiger partial charge on any atom is 0.407 e. The Hall–Kier alpha value is -6.97. The van der Waals surface area contributed by atoms with Crippen LogP contribution in [0.2, 0.25) is 0 Å². The fraction of sp³-hybridized carbons (Fsp3) is 0.642. The molecule has 2 aromatic rings. The van der Waals surface area contributed by atoms with E-state index in [2.05, 4.69) is 52.4 Å². The Balaban J connectivity index is 1.82. The molecule has 446 valence electrons. The van der Waals surface area contributed by atoms with Crippen molar-refractivity contribution in [2.75, 3.05) is 52.7 Å². The van der Waals surface area contributed by atoms with Crippen molar-refractivity contribution in [3.8, 4) is 0 Å². The number of alkyl carbamates (subject to hydrolysis) is 1. The fourth-order valence-corrected chi connectivity index (χ4v) is 9.92. The molecular formula is C53H85N13O13S. The number of primary amides is 1. The van der Waals surface area contributed by atoms with E-state index in [0.29, 0.717) is 24.1 Å². The van der Waals surface area contributed by atoms with Crippen LogP contribution in [0.4, 0.5) is 15.3 Å². The number of carboxylic acids is 1. The van der Waals surface area contributed by atoms with Crippen LogP contribution in [0, 0.1) is 23.7 Å². The molecular weight excluding hydrogens is 1060 g/mol. The van der Waals surface area contributed by atoms with E-state index in [9.17, 15) is 53.1 Å². The summed E-state index contributed by atoms with van der Waals surface area (Å²) in [7, 11) is 4.98. The number of ether oxygens (including phenoxy) is 1. The first-order chi connectivity index (χ1) is 37.8. The summed E-state index contributed by atoms with van der Waals surface area (Å²) in [5.74, 6) is -1.63. The van der Waals surface area contributed by atoms with Crippen LogP contribution in [-0.2, 0) is 49.6 Å². The Morgan fingerprint density at radius 1 is 0.875 bits per heavy atom. The maximum atomic E-state index is 14.4. The second kappa shape index (κ2) is 33.6. The lowest BCUT2D eigenvalue weighted by Crippen LogP contribution is -2.58. The van der Waals surface area contributed by atoms with Gasteiger partial charge in [0.2, 0.25) is 35.4 Å². The minimum Gasteiger partial charge on any atom is -0.481 e. The van der Waals surface area contributed by atoms with E-state index < -0.39 is 109 Å². The number of anilines is 1. The van der Waals surface area contributed by atoms with E-state index >= 15 is 0 Å². The third kappa shape index (κ3) is 21.9. The highest BCUT2D eigenvalue weighted by Crippen LogP contribution is 2.31. The van der Waals surface area contributed by atoms with Gasteiger partial charge in [-0.1, -0.05) is 73.4 Å². The average Bonchev–Trinajstić information content (AvgIpc) is 3.94. The van der Waals surface area contributed by atoms with Gasteiger partial charge in [-0.2, -0.15) is 0 Å². The Labute approximate surface area is 472 Å². The van der Waals surface area contributed by atoms with Gasteiger partial charge >= 0.3 is 18.1 Å². The van der Waals surface area contributed by atoms with Crippen molar-refractivity contribution in [1.82, 2.24) is 52.0 Å². The Morgan fingerprint density at radius 3 is 2.15 bits per heavy atom. The standard InChI is InChI=1S/C53H85N13O13S/c1-11-31(6)44(64-47(71)38-16-12-13-22-65(38)9)50(73)66(10)39(29(2)3)25-40(79-53(77)56-8)49-62-37(28-80-49)46(70)60-35(23-32(7)51(74)75)24-33-17-19-34(20-18-33)59-45(69)36(15-14-21-57-52(54)76)61-48(72)43(30(4)5)63-41(67)26-58-42(68)27-78-55/h17-20,28-32,35-36,38-40,43-44H,11-16,21-27,55H2,1-10H3,(H,56,77)(H,58,68)(H,59,69)(H,60,70)(H,61,72)(H,63,67)(H,64,71)(H,74,75)(H3,54,57,76)/t31-,32-,35+,36-,38+,39+,40+,43-,44-/m0/s1. The molecule has 0 bridgehead atoms. The number of piperidine rings is 1. The number of nitrogens with two attached hydrogens (primary N) is 2. The zero-order valence-electron chi connectivity index (χ0n) is 47.7. The number of thiazole rings is 1. The number of carboxylic acid groups (broad SMARTS) is 1. The number of likely N-dealkylation sites (tertiary alicyclic amines) is 1. The number of carbonyl (C=O) groups is 10. The second-order valence-electron chi connectivity index (χ2n) is 21.0. The van der Waals surface area contributed by atoms with Crippen LogP contribution >= 0.6 is 11.3 Å². The van der Waals surface area contributed by atoms with Crippen LogP contribution in [0.25, 0.3) is 0 Å². The van der Waals surface area contributed by atoms with E-state index in [4.69, 9.17) is 16.4 Å². The zero-order chi connectivity index (χ0) is 59.8. The normalized spacial score (nSPS) is 16.5. The SMILES string of the molecule is CC[C@H](C)[C@H](NC(=O)[C@H]1CCCCN1C)C(=O)N(C)[C@H](C[C@@H](OC(=O)NC)c1nc(C(=O)N[C@@H](Cc2ccc(NC(=O)[C@H](CCCNC(N)=O)NC(=O)[C@@H](NC(=O)CNC(=O)CON)C(C)C)cc2)C[C@H](C)C(=O)O)cs1)C(C)C. The molecule has 26 nitrogen and oxygen atoms in total. The molecule has 1 fully saturated rings. The number of aromatic nitrogens is 1. The lowest BCUT2D eigenvalue weighted by molar-refractivity contribution is -0.141. The number of aliphatic carboxylic acids is 1. The molecule has 3 rings (SSSR count). The van der Waals surface area contributed by atoms with Crippen molar-refractivity contribution in [1.29, 1.82) is 0 Å². The van der Waals surface area contributed by atoms with Crippen LogP contribution in [0.3, 0.4) is 0 Å². The first kappa shape index (κ1) is 67.3. The number of amides is 10. The third-order valence-corrected chi connectivity index (χ3v) is 15.0. The van der Waals surface area contributed by atoms with Crippen molar-refractivity contribution in [3.63, 3.8) is 0 Å². The Kier molecular flexibility index (Phi) is 28.3. The molecule has 0 aliphatic carbocycles. The Bertz CT molecular complexity index is 2410. The number of hydrogen-bond acceptors (Lipinski definition) is 16. The second-order valence-corrected chi connectivity index (χ2v) is 21.9. The summed E-state index contributed by atoms with van der Waals surface area (Å²) in [5, 5.41) is 32.8. The van der Waals surface area contributed by atoms with Gasteiger partial charge in [0.05, 0.1) is 18.5 Å². The van der Waals surface area contributed by atoms with Gasteiger partial charge in [-0.15, -0.1) is 11.3 Å². The molecule has 1 saturated heterocycles. The lowest BCUT2D eigenvalue weighted by Gasteiger charge is -2.38. The number of rotatable bonds is 32. The van der Waals surface area contributed by atoms with Gasteiger partial charge in [-0.3, -0.25) is 48.1 Å². The number of nitrogens with one attached hydrogen (secondary N) is 8. The molecule has 1 aliphatic heterocycles. The number of benzene rings is 1. The topological polar surface area (TPSA) is 377 Å². The molecule has 0 unspecified atom stereocenters. The quantitative estimate of drug-likeness (QED) is 0.0368. The average molecular weight is 1140 g/mol. The molecule has 1 aromatic heterocycles.